The predicted molar refractivity (Wildman–Crippen MR) is 81.2 cm³/mol. The number of aromatic nitrogens is 2. The topological polar surface area (TPSA) is 41.1 Å². The van der Waals surface area contributed by atoms with E-state index in [9.17, 15) is 0 Å². The molecule has 0 bridgehead atoms. The minimum Gasteiger partial charge on any atom is -0.325 e. The lowest BCUT2D eigenvalue weighted by molar-refractivity contribution is 0.661. The molecule has 0 fully saturated rings. The fourth-order valence-electron chi connectivity index (χ4n) is 2.58. The van der Waals surface area contributed by atoms with Gasteiger partial charge in [-0.2, -0.15) is 0 Å². The number of fused-ring (bicyclic) bond motifs is 1. The van der Waals surface area contributed by atoms with Crippen molar-refractivity contribution in [3.05, 3.63) is 47.9 Å². The van der Waals surface area contributed by atoms with Gasteiger partial charge in [-0.05, 0) is 31.0 Å². The third-order valence-corrected chi connectivity index (χ3v) is 3.57. The van der Waals surface area contributed by atoms with Gasteiger partial charge in [0.2, 0.25) is 0 Å². The van der Waals surface area contributed by atoms with E-state index < -0.39 is 0 Å². The van der Waals surface area contributed by atoms with Crippen LogP contribution in [0.1, 0.15) is 24.6 Å². The molecule has 4 heteroatoms. The number of hydrogen-bond donors (Lipinski definition) is 1. The summed E-state index contributed by atoms with van der Waals surface area (Å²) in [7, 11) is 0. The van der Waals surface area contributed by atoms with Gasteiger partial charge in [0.05, 0.1) is 11.9 Å². The lowest BCUT2D eigenvalue weighted by Crippen LogP contribution is -2.18. The number of nitrogens with one attached hydrogen (secondary N) is 1. The van der Waals surface area contributed by atoms with Crippen LogP contribution in [-0.4, -0.2) is 23.1 Å². The number of rotatable bonds is 5. The molecule has 104 valence electrons. The van der Waals surface area contributed by atoms with Crippen LogP contribution in [0, 0.1) is 0 Å². The van der Waals surface area contributed by atoms with Crippen molar-refractivity contribution in [1.82, 2.24) is 15.3 Å². The molecule has 0 amide bonds. The summed E-state index contributed by atoms with van der Waals surface area (Å²) in [5, 5.41) is 3.37. The van der Waals surface area contributed by atoms with Crippen molar-refractivity contribution >= 4 is 11.5 Å². The summed E-state index contributed by atoms with van der Waals surface area (Å²) >= 11 is 0. The minimum absolute atomic E-state index is 0.782. The van der Waals surface area contributed by atoms with Crippen LogP contribution in [0.5, 0.6) is 0 Å². The Hall–Kier alpha value is -1.94. The van der Waals surface area contributed by atoms with Gasteiger partial charge in [-0.1, -0.05) is 25.1 Å². The van der Waals surface area contributed by atoms with Crippen molar-refractivity contribution in [2.45, 2.75) is 26.3 Å². The van der Waals surface area contributed by atoms with E-state index in [0.717, 1.165) is 44.0 Å². The Bertz CT molecular complexity index is 582. The Morgan fingerprint density at radius 2 is 2.15 bits per heavy atom. The summed E-state index contributed by atoms with van der Waals surface area (Å²) in [5.74, 6) is 0.950. The smallest absolute Gasteiger partial charge is 0.151 e. The monoisotopic (exact) mass is 268 g/mol. The van der Waals surface area contributed by atoms with Crippen LogP contribution >= 0.6 is 0 Å². The lowest BCUT2D eigenvalue weighted by Gasteiger charge is -2.18. The highest BCUT2D eigenvalue weighted by Gasteiger charge is 2.20. The van der Waals surface area contributed by atoms with Crippen LogP contribution in [0.25, 0.3) is 0 Å². The average Bonchev–Trinajstić information content (AvgIpc) is 2.92. The highest BCUT2D eigenvalue weighted by Crippen LogP contribution is 2.32. The lowest BCUT2D eigenvalue weighted by atomic mass is 10.2. The molecule has 0 saturated heterocycles. The fraction of sp³-hybridized carbons (Fsp3) is 0.375. The molecule has 20 heavy (non-hydrogen) atoms. The third-order valence-electron chi connectivity index (χ3n) is 3.57. The van der Waals surface area contributed by atoms with Crippen molar-refractivity contribution in [2.24, 2.45) is 0 Å². The summed E-state index contributed by atoms with van der Waals surface area (Å²) < 4.78 is 0. The van der Waals surface area contributed by atoms with Gasteiger partial charge in [-0.3, -0.25) is 4.98 Å². The first kappa shape index (κ1) is 13.1. The molecule has 1 aliphatic heterocycles. The third kappa shape index (κ3) is 2.65. The SMILES string of the molecule is CCCNCc1cncc(N2CCc3ccccc32)n1. The maximum Gasteiger partial charge on any atom is 0.151 e. The van der Waals surface area contributed by atoms with Crippen LogP contribution in [0.15, 0.2) is 36.7 Å². The minimum atomic E-state index is 0.782. The number of nitrogens with zero attached hydrogens (tertiary/aromatic N) is 3. The summed E-state index contributed by atoms with van der Waals surface area (Å²) in [6.45, 7) is 4.94. The first-order valence-electron chi connectivity index (χ1n) is 7.25. The largest absolute Gasteiger partial charge is 0.325 e. The second-order valence-electron chi connectivity index (χ2n) is 5.08. The molecule has 1 aliphatic rings. The van der Waals surface area contributed by atoms with Gasteiger partial charge < -0.3 is 10.2 Å². The van der Waals surface area contributed by atoms with Gasteiger partial charge in [0.15, 0.2) is 5.82 Å². The van der Waals surface area contributed by atoms with E-state index in [1.54, 1.807) is 0 Å². The van der Waals surface area contributed by atoms with Crippen molar-refractivity contribution < 1.29 is 0 Å². The zero-order valence-electron chi connectivity index (χ0n) is 11.8. The maximum atomic E-state index is 4.73. The first-order chi connectivity index (χ1) is 9.88. The van der Waals surface area contributed by atoms with Crippen LogP contribution in [-0.2, 0) is 13.0 Å². The molecular weight excluding hydrogens is 248 g/mol. The van der Waals surface area contributed by atoms with Crippen LogP contribution in [0.2, 0.25) is 0 Å². The van der Waals surface area contributed by atoms with Crippen molar-refractivity contribution in [3.63, 3.8) is 0 Å². The number of benzene rings is 1. The molecular formula is C16H20N4. The summed E-state index contributed by atoms with van der Waals surface area (Å²) in [6.07, 6.45) is 5.91. The first-order valence-corrected chi connectivity index (χ1v) is 7.25. The van der Waals surface area contributed by atoms with Crippen molar-refractivity contribution in [1.29, 1.82) is 0 Å². The molecule has 0 spiro atoms. The Balaban J connectivity index is 1.79. The fourth-order valence-corrected chi connectivity index (χ4v) is 2.58. The van der Waals surface area contributed by atoms with Crippen LogP contribution < -0.4 is 10.2 Å². The van der Waals surface area contributed by atoms with Gasteiger partial charge >= 0.3 is 0 Å². The zero-order chi connectivity index (χ0) is 13.8. The average molecular weight is 268 g/mol. The van der Waals surface area contributed by atoms with Gasteiger partial charge in [-0.25, -0.2) is 4.98 Å². The van der Waals surface area contributed by atoms with E-state index in [2.05, 4.69) is 46.4 Å². The van der Waals surface area contributed by atoms with Crippen molar-refractivity contribution in [2.75, 3.05) is 18.0 Å². The van der Waals surface area contributed by atoms with Gasteiger partial charge in [-0.15, -0.1) is 0 Å². The highest BCUT2D eigenvalue weighted by atomic mass is 15.2. The second-order valence-corrected chi connectivity index (χ2v) is 5.08. The van der Waals surface area contributed by atoms with E-state index in [0.29, 0.717) is 0 Å². The molecule has 3 rings (SSSR count). The standard InChI is InChI=1S/C16H20N4/c1-2-8-17-10-14-11-18-12-16(19-14)20-9-7-13-5-3-4-6-15(13)20/h3-6,11-12,17H,2,7-10H2,1H3. The van der Waals surface area contributed by atoms with Gasteiger partial charge in [0.25, 0.3) is 0 Å². The van der Waals surface area contributed by atoms with Crippen LogP contribution in [0.3, 0.4) is 0 Å². The molecule has 0 atom stereocenters. The second kappa shape index (κ2) is 6.01. The molecule has 2 heterocycles. The van der Waals surface area contributed by atoms with E-state index in [-0.39, 0.29) is 0 Å². The molecule has 4 nitrogen and oxygen atoms in total. The Morgan fingerprint density at radius 1 is 1.25 bits per heavy atom. The number of anilines is 2. The Labute approximate surface area is 119 Å². The molecule has 1 N–H and O–H groups in total. The molecule has 2 aromatic rings. The maximum absolute atomic E-state index is 4.73. The van der Waals surface area contributed by atoms with E-state index >= 15 is 0 Å². The van der Waals surface area contributed by atoms with Gasteiger partial charge in [0, 0.05) is 25.0 Å². The van der Waals surface area contributed by atoms with Crippen molar-refractivity contribution in [3.8, 4) is 0 Å². The summed E-state index contributed by atoms with van der Waals surface area (Å²) in [5.41, 5.74) is 3.66. The van der Waals surface area contributed by atoms with Gasteiger partial charge in [0.1, 0.15) is 0 Å². The molecule has 0 radical (unpaired) electrons. The van der Waals surface area contributed by atoms with E-state index in [1.165, 1.54) is 11.3 Å². The quantitative estimate of drug-likeness (QED) is 0.846. The molecule has 0 saturated carbocycles. The zero-order valence-corrected chi connectivity index (χ0v) is 11.8. The van der Waals surface area contributed by atoms with Crippen LogP contribution in [0.4, 0.5) is 11.5 Å². The summed E-state index contributed by atoms with van der Waals surface area (Å²) in [4.78, 5) is 11.3. The summed E-state index contributed by atoms with van der Waals surface area (Å²) in [6, 6.07) is 8.53. The Kier molecular flexibility index (Phi) is 3.92. The Morgan fingerprint density at radius 3 is 3.05 bits per heavy atom. The molecule has 1 aromatic carbocycles. The number of hydrogen-bond acceptors (Lipinski definition) is 4. The molecule has 0 aliphatic carbocycles. The highest BCUT2D eigenvalue weighted by molar-refractivity contribution is 5.66. The predicted octanol–water partition coefficient (Wildman–Crippen LogP) is 2.67. The molecule has 0 unspecified atom stereocenters. The van der Waals surface area contributed by atoms with E-state index in [4.69, 9.17) is 4.98 Å². The van der Waals surface area contributed by atoms with E-state index in [1.807, 2.05) is 12.4 Å². The normalized spacial score (nSPS) is 13.6. The molecule has 1 aromatic heterocycles. The number of para-hydroxylation sites is 1.